The van der Waals surface area contributed by atoms with Gasteiger partial charge in [-0.25, -0.2) is 4.79 Å². The van der Waals surface area contributed by atoms with Gasteiger partial charge in [-0.05, 0) is 16.8 Å². The number of nitrogens with two attached hydrogens (primary N) is 1. The minimum atomic E-state index is -1.50. The number of hydrogen-bond donors (Lipinski definition) is 2. The molecule has 3 N–H and O–H groups in total. The summed E-state index contributed by atoms with van der Waals surface area (Å²) in [6.07, 6.45) is 0. The van der Waals surface area contributed by atoms with Crippen molar-refractivity contribution in [2.45, 2.75) is 0 Å². The van der Waals surface area contributed by atoms with E-state index in [1.165, 1.54) is 0 Å². The van der Waals surface area contributed by atoms with Crippen molar-refractivity contribution in [3.63, 3.8) is 0 Å². The predicted molar refractivity (Wildman–Crippen MR) is 60.3 cm³/mol. The number of rotatable bonds is 2. The summed E-state index contributed by atoms with van der Waals surface area (Å²) in [6, 6.07) is 10.3. The number of carboxylic acid groups (broad SMARTS) is 1. The van der Waals surface area contributed by atoms with E-state index in [0.29, 0.717) is 5.39 Å². The van der Waals surface area contributed by atoms with Gasteiger partial charge in [0, 0.05) is 5.69 Å². The lowest BCUT2D eigenvalue weighted by molar-refractivity contribution is -0.131. The Hall–Kier alpha value is -2.36. The number of Topliss-reactive ketones (excluding diaryl/α,β-unsaturated/α-hetero) is 1. The SMILES string of the molecule is Nc1ccc2ccccc2c1C(=O)C(=O)O. The summed E-state index contributed by atoms with van der Waals surface area (Å²) < 4.78 is 0. The molecular weight excluding hydrogens is 206 g/mol. The number of anilines is 1. The molecule has 0 saturated carbocycles. The van der Waals surface area contributed by atoms with Gasteiger partial charge in [0.25, 0.3) is 5.78 Å². The number of benzene rings is 2. The van der Waals surface area contributed by atoms with E-state index >= 15 is 0 Å². The molecule has 0 atom stereocenters. The van der Waals surface area contributed by atoms with E-state index < -0.39 is 11.8 Å². The highest BCUT2D eigenvalue weighted by atomic mass is 16.4. The van der Waals surface area contributed by atoms with Crippen LogP contribution >= 0.6 is 0 Å². The molecule has 0 unspecified atom stereocenters. The molecule has 0 spiro atoms. The van der Waals surface area contributed by atoms with Crippen molar-refractivity contribution >= 4 is 28.2 Å². The summed E-state index contributed by atoms with van der Waals surface area (Å²) in [5.41, 5.74) is 5.89. The molecular formula is C12H9NO3. The molecule has 0 amide bonds. The lowest BCUT2D eigenvalue weighted by Gasteiger charge is -2.06. The summed E-state index contributed by atoms with van der Waals surface area (Å²) in [5, 5.41) is 10.1. The van der Waals surface area contributed by atoms with Crippen molar-refractivity contribution in [3.05, 3.63) is 42.0 Å². The molecule has 4 nitrogen and oxygen atoms in total. The molecule has 0 saturated heterocycles. The van der Waals surface area contributed by atoms with Crippen LogP contribution in [-0.2, 0) is 4.79 Å². The van der Waals surface area contributed by atoms with Crippen LogP contribution in [0.3, 0.4) is 0 Å². The molecule has 0 aliphatic rings. The van der Waals surface area contributed by atoms with Crippen LogP contribution in [0.4, 0.5) is 5.69 Å². The lowest BCUT2D eigenvalue weighted by Crippen LogP contribution is -2.15. The Morgan fingerprint density at radius 3 is 2.44 bits per heavy atom. The lowest BCUT2D eigenvalue weighted by atomic mass is 9.99. The highest BCUT2D eigenvalue weighted by Crippen LogP contribution is 2.24. The van der Waals surface area contributed by atoms with Crippen molar-refractivity contribution in [2.75, 3.05) is 5.73 Å². The zero-order chi connectivity index (χ0) is 11.7. The van der Waals surface area contributed by atoms with Gasteiger partial charge in [0.2, 0.25) is 0 Å². The molecule has 2 aromatic rings. The highest BCUT2D eigenvalue weighted by Gasteiger charge is 2.19. The van der Waals surface area contributed by atoms with Crippen LogP contribution in [0, 0.1) is 0 Å². The van der Waals surface area contributed by atoms with Gasteiger partial charge in [-0.1, -0.05) is 30.3 Å². The van der Waals surface area contributed by atoms with Crippen LogP contribution in [-0.4, -0.2) is 16.9 Å². The zero-order valence-electron chi connectivity index (χ0n) is 8.31. The van der Waals surface area contributed by atoms with E-state index in [4.69, 9.17) is 10.8 Å². The quantitative estimate of drug-likeness (QED) is 0.453. The molecule has 16 heavy (non-hydrogen) atoms. The van der Waals surface area contributed by atoms with E-state index in [1.54, 1.807) is 30.3 Å². The number of carbonyl (C=O) groups excluding carboxylic acids is 1. The van der Waals surface area contributed by atoms with Crippen LogP contribution in [0.2, 0.25) is 0 Å². The summed E-state index contributed by atoms with van der Waals surface area (Å²) in [7, 11) is 0. The third-order valence-electron chi connectivity index (χ3n) is 2.38. The Labute approximate surface area is 91.3 Å². The first-order chi connectivity index (χ1) is 7.61. The fourth-order valence-corrected chi connectivity index (χ4v) is 1.65. The van der Waals surface area contributed by atoms with Gasteiger partial charge >= 0.3 is 5.97 Å². The monoisotopic (exact) mass is 215 g/mol. The van der Waals surface area contributed by atoms with Crippen LogP contribution in [0.1, 0.15) is 10.4 Å². The molecule has 0 aliphatic heterocycles. The van der Waals surface area contributed by atoms with Crippen molar-refractivity contribution in [1.29, 1.82) is 0 Å². The number of carboxylic acids is 1. The molecule has 0 fully saturated rings. The summed E-state index contributed by atoms with van der Waals surface area (Å²) >= 11 is 0. The van der Waals surface area contributed by atoms with Crippen LogP contribution in [0.5, 0.6) is 0 Å². The van der Waals surface area contributed by atoms with Crippen LogP contribution < -0.4 is 5.73 Å². The third kappa shape index (κ3) is 1.50. The minimum absolute atomic E-state index is 0.0607. The summed E-state index contributed by atoms with van der Waals surface area (Å²) in [5.74, 6) is -2.47. The first kappa shape index (κ1) is 10.2. The number of carbonyl (C=O) groups is 2. The van der Waals surface area contributed by atoms with Gasteiger partial charge in [-0.3, -0.25) is 4.79 Å². The first-order valence-electron chi connectivity index (χ1n) is 4.66. The van der Waals surface area contributed by atoms with Gasteiger partial charge < -0.3 is 10.8 Å². The number of aliphatic carboxylic acids is 1. The second-order valence-electron chi connectivity index (χ2n) is 3.39. The Morgan fingerprint density at radius 2 is 1.75 bits per heavy atom. The highest BCUT2D eigenvalue weighted by molar-refractivity contribution is 6.43. The molecule has 0 aromatic heterocycles. The molecule has 2 aromatic carbocycles. The first-order valence-corrected chi connectivity index (χ1v) is 4.66. The van der Waals surface area contributed by atoms with Crippen molar-refractivity contribution < 1.29 is 14.7 Å². The zero-order valence-corrected chi connectivity index (χ0v) is 8.31. The second-order valence-corrected chi connectivity index (χ2v) is 3.39. The molecule has 0 heterocycles. The smallest absolute Gasteiger partial charge is 0.377 e. The molecule has 0 aliphatic carbocycles. The molecule has 80 valence electrons. The van der Waals surface area contributed by atoms with Crippen molar-refractivity contribution in [3.8, 4) is 0 Å². The van der Waals surface area contributed by atoms with E-state index in [9.17, 15) is 9.59 Å². The average Bonchev–Trinajstić information content (AvgIpc) is 2.28. The largest absolute Gasteiger partial charge is 0.475 e. The normalized spacial score (nSPS) is 10.2. The van der Waals surface area contributed by atoms with Crippen LogP contribution in [0.15, 0.2) is 36.4 Å². The van der Waals surface area contributed by atoms with E-state index in [-0.39, 0.29) is 11.3 Å². The van der Waals surface area contributed by atoms with E-state index in [1.807, 2.05) is 6.07 Å². The van der Waals surface area contributed by atoms with Crippen molar-refractivity contribution in [1.82, 2.24) is 0 Å². The Morgan fingerprint density at radius 1 is 1.06 bits per heavy atom. The minimum Gasteiger partial charge on any atom is -0.475 e. The maximum absolute atomic E-state index is 11.5. The number of fused-ring (bicyclic) bond motifs is 1. The van der Waals surface area contributed by atoms with Gasteiger partial charge in [0.1, 0.15) is 0 Å². The standard InChI is InChI=1S/C12H9NO3/c13-9-6-5-7-3-1-2-4-8(7)10(9)11(14)12(15)16/h1-6H,13H2,(H,15,16). The topological polar surface area (TPSA) is 80.4 Å². The fourth-order valence-electron chi connectivity index (χ4n) is 1.65. The average molecular weight is 215 g/mol. The number of hydrogen-bond acceptors (Lipinski definition) is 3. The number of ketones is 1. The second kappa shape index (κ2) is 3.66. The number of nitrogen functional groups attached to an aromatic ring is 1. The Bertz CT molecular complexity index is 590. The summed E-state index contributed by atoms with van der Waals surface area (Å²) in [4.78, 5) is 22.2. The molecule has 0 radical (unpaired) electrons. The maximum Gasteiger partial charge on any atom is 0.377 e. The Kier molecular flexibility index (Phi) is 2.32. The van der Waals surface area contributed by atoms with E-state index in [2.05, 4.69) is 0 Å². The van der Waals surface area contributed by atoms with Crippen LogP contribution in [0.25, 0.3) is 10.8 Å². The Balaban J connectivity index is 2.80. The summed E-state index contributed by atoms with van der Waals surface area (Å²) in [6.45, 7) is 0. The van der Waals surface area contributed by atoms with Gasteiger partial charge in [-0.2, -0.15) is 0 Å². The van der Waals surface area contributed by atoms with Gasteiger partial charge in [-0.15, -0.1) is 0 Å². The predicted octanol–water partition coefficient (Wildman–Crippen LogP) is 1.69. The molecule has 0 bridgehead atoms. The van der Waals surface area contributed by atoms with Gasteiger partial charge in [0.05, 0.1) is 5.56 Å². The molecule has 2 rings (SSSR count). The maximum atomic E-state index is 11.5. The molecule has 4 heteroatoms. The van der Waals surface area contributed by atoms with Gasteiger partial charge in [0.15, 0.2) is 0 Å². The van der Waals surface area contributed by atoms with Crippen molar-refractivity contribution in [2.24, 2.45) is 0 Å². The van der Waals surface area contributed by atoms with E-state index in [0.717, 1.165) is 5.39 Å². The fraction of sp³-hybridized carbons (Fsp3) is 0. The third-order valence-corrected chi connectivity index (χ3v) is 2.38.